The molecule has 0 aromatic carbocycles. The first-order valence-electron chi connectivity index (χ1n) is 2.71. The zero-order valence-corrected chi connectivity index (χ0v) is 4.97. The third-order valence-electron chi connectivity index (χ3n) is 1.23. The third-order valence-corrected chi connectivity index (χ3v) is 1.23. The molecule has 0 aliphatic rings. The Morgan fingerprint density at radius 1 is 1.40 bits per heavy atom. The summed E-state index contributed by atoms with van der Waals surface area (Å²) in [6.45, 7) is 0. The Hall–Kier alpha value is -1.65. The average Bonchev–Trinajstić information content (AvgIpc) is 2.34. The lowest BCUT2D eigenvalue weighted by Crippen LogP contribution is -1.91. The van der Waals surface area contributed by atoms with Crippen molar-refractivity contribution in [2.75, 3.05) is 0 Å². The Bertz CT molecular complexity index is 355. The molecule has 0 aliphatic carbocycles. The molecule has 0 aliphatic heterocycles. The zero-order valence-electron chi connectivity index (χ0n) is 4.97. The highest BCUT2D eigenvalue weighted by Gasteiger charge is 1.98. The van der Waals surface area contributed by atoms with Gasteiger partial charge in [-0.15, -0.1) is 5.10 Å². The summed E-state index contributed by atoms with van der Waals surface area (Å²) in [4.78, 5) is 8.31. The molecule has 2 rings (SSSR count). The van der Waals surface area contributed by atoms with Gasteiger partial charge in [-0.3, -0.25) is 0 Å². The molecule has 5 nitrogen and oxygen atoms in total. The van der Waals surface area contributed by atoms with E-state index in [4.69, 9.17) is 5.21 Å². The molecule has 0 amide bonds. The second-order valence-electron chi connectivity index (χ2n) is 1.83. The van der Waals surface area contributed by atoms with Gasteiger partial charge in [-0.25, -0.2) is 9.97 Å². The van der Waals surface area contributed by atoms with Gasteiger partial charge in [-0.1, -0.05) is 4.85 Å². The van der Waals surface area contributed by atoms with E-state index in [0.717, 1.165) is 4.85 Å². The summed E-state index contributed by atoms with van der Waals surface area (Å²) in [5.41, 5.74) is 1.15. The van der Waals surface area contributed by atoms with E-state index >= 15 is 0 Å². The highest BCUT2D eigenvalue weighted by Crippen LogP contribution is 2.04. The van der Waals surface area contributed by atoms with Crippen molar-refractivity contribution in [3.63, 3.8) is 0 Å². The molecule has 0 unspecified atom stereocenters. The summed E-state index contributed by atoms with van der Waals surface area (Å²) in [5, 5.41) is 12.5. The van der Waals surface area contributed by atoms with Crippen molar-refractivity contribution >= 4 is 11.0 Å². The Kier molecular flexibility index (Phi) is 0.858. The van der Waals surface area contributed by atoms with E-state index in [1.54, 1.807) is 0 Å². The third kappa shape index (κ3) is 0.540. The van der Waals surface area contributed by atoms with Crippen LogP contribution in [0.3, 0.4) is 0 Å². The van der Waals surface area contributed by atoms with E-state index in [2.05, 4.69) is 15.1 Å². The van der Waals surface area contributed by atoms with Crippen molar-refractivity contribution in [1.29, 1.82) is 0 Å². The predicted octanol–water partition coefficient (Wildman–Crippen LogP) is 0.0636. The van der Waals surface area contributed by atoms with Crippen LogP contribution in [0.5, 0.6) is 0 Å². The number of rotatable bonds is 0. The lowest BCUT2D eigenvalue weighted by Gasteiger charge is -1.87. The van der Waals surface area contributed by atoms with E-state index in [-0.39, 0.29) is 0 Å². The van der Waals surface area contributed by atoms with Crippen LogP contribution in [0.1, 0.15) is 0 Å². The fourth-order valence-electron chi connectivity index (χ4n) is 0.757. The van der Waals surface area contributed by atoms with E-state index in [1.807, 2.05) is 0 Å². The first-order valence-corrected chi connectivity index (χ1v) is 2.71. The van der Waals surface area contributed by atoms with Crippen LogP contribution in [0, 0.1) is 0 Å². The predicted molar refractivity (Wildman–Crippen MR) is 32.5 cm³/mol. The number of fused-ring (bicyclic) bond motifs is 1. The average molecular weight is 136 g/mol. The Morgan fingerprint density at radius 3 is 3.10 bits per heavy atom. The van der Waals surface area contributed by atoms with Gasteiger partial charge in [0.05, 0.1) is 12.4 Å². The quantitative estimate of drug-likeness (QED) is 0.520. The van der Waals surface area contributed by atoms with Crippen molar-refractivity contribution in [3.8, 4) is 0 Å². The van der Waals surface area contributed by atoms with Gasteiger partial charge in [-0.05, 0) is 0 Å². The van der Waals surface area contributed by atoms with Crippen LogP contribution in [0.25, 0.3) is 11.0 Å². The first kappa shape index (κ1) is 5.16. The summed E-state index contributed by atoms with van der Waals surface area (Å²) >= 11 is 0. The van der Waals surface area contributed by atoms with Crippen LogP contribution in [0.15, 0.2) is 18.7 Å². The Labute approximate surface area is 55.9 Å². The van der Waals surface area contributed by atoms with Crippen molar-refractivity contribution in [3.05, 3.63) is 18.7 Å². The van der Waals surface area contributed by atoms with Crippen molar-refractivity contribution in [2.45, 2.75) is 0 Å². The number of nitrogens with zero attached hydrogens (tertiary/aromatic N) is 4. The molecule has 0 saturated carbocycles. The first-order chi connectivity index (χ1) is 4.88. The second kappa shape index (κ2) is 1.66. The van der Waals surface area contributed by atoms with Crippen molar-refractivity contribution in [1.82, 2.24) is 19.9 Å². The van der Waals surface area contributed by atoms with Gasteiger partial charge in [0.15, 0.2) is 0 Å². The normalized spacial score (nSPS) is 10.4. The second-order valence-corrected chi connectivity index (χ2v) is 1.83. The Balaban J connectivity index is 2.93. The molecule has 50 valence electrons. The number of hydrogen-bond donors (Lipinski definition) is 1. The van der Waals surface area contributed by atoms with Crippen LogP contribution in [0.4, 0.5) is 0 Å². The fraction of sp³-hybridized carbons (Fsp3) is 0. The van der Waals surface area contributed by atoms with E-state index in [9.17, 15) is 0 Å². The van der Waals surface area contributed by atoms with Crippen LogP contribution < -0.4 is 0 Å². The molecule has 10 heavy (non-hydrogen) atoms. The minimum absolute atomic E-state index is 0.516. The minimum Gasteiger partial charge on any atom is -0.411 e. The SMILES string of the molecule is On1ncc2ncncc21. The van der Waals surface area contributed by atoms with Crippen LogP contribution in [-0.2, 0) is 0 Å². The van der Waals surface area contributed by atoms with Crippen molar-refractivity contribution < 1.29 is 5.21 Å². The maximum atomic E-state index is 8.94. The molecule has 0 spiro atoms. The molecule has 1 N–H and O–H groups in total. The van der Waals surface area contributed by atoms with Crippen LogP contribution >= 0.6 is 0 Å². The number of aromatic nitrogens is 4. The molecule has 0 radical (unpaired) electrons. The molecule has 0 atom stereocenters. The van der Waals surface area contributed by atoms with Crippen LogP contribution in [0.2, 0.25) is 0 Å². The van der Waals surface area contributed by atoms with Gasteiger partial charge in [0.25, 0.3) is 0 Å². The maximum absolute atomic E-state index is 8.94. The molecule has 5 heteroatoms. The summed E-state index contributed by atoms with van der Waals surface area (Å²) < 4.78 is 0. The minimum atomic E-state index is 0.516. The van der Waals surface area contributed by atoms with Gasteiger partial charge in [-0.2, -0.15) is 0 Å². The largest absolute Gasteiger partial charge is 0.411 e. The maximum Gasteiger partial charge on any atom is 0.146 e. The standard InChI is InChI=1S/C5H4N4O/c10-9-5-2-6-3-7-4(5)1-8-9/h1-3,10H. The monoisotopic (exact) mass is 136 g/mol. The summed E-state index contributed by atoms with van der Waals surface area (Å²) in [7, 11) is 0. The number of hydrogen-bond acceptors (Lipinski definition) is 4. The lowest BCUT2D eigenvalue weighted by molar-refractivity contribution is 0.161. The topological polar surface area (TPSA) is 63.8 Å². The molecule has 0 fully saturated rings. The van der Waals surface area contributed by atoms with Gasteiger partial charge >= 0.3 is 0 Å². The highest BCUT2D eigenvalue weighted by molar-refractivity contribution is 5.71. The van der Waals surface area contributed by atoms with Gasteiger partial charge in [0.2, 0.25) is 0 Å². The highest BCUT2D eigenvalue weighted by atomic mass is 16.5. The van der Waals surface area contributed by atoms with E-state index in [0.29, 0.717) is 11.0 Å². The molecule has 0 bridgehead atoms. The molecule has 2 aromatic heterocycles. The molecular weight excluding hydrogens is 132 g/mol. The van der Waals surface area contributed by atoms with Gasteiger partial charge in [0.1, 0.15) is 17.4 Å². The molecule has 0 saturated heterocycles. The van der Waals surface area contributed by atoms with E-state index in [1.165, 1.54) is 18.7 Å². The lowest BCUT2D eigenvalue weighted by atomic mass is 10.5. The Morgan fingerprint density at radius 2 is 2.30 bits per heavy atom. The van der Waals surface area contributed by atoms with Gasteiger partial charge < -0.3 is 5.21 Å². The van der Waals surface area contributed by atoms with Crippen molar-refractivity contribution in [2.24, 2.45) is 0 Å². The smallest absolute Gasteiger partial charge is 0.146 e. The zero-order chi connectivity index (χ0) is 6.97. The molecule has 2 aromatic rings. The summed E-state index contributed by atoms with van der Waals surface area (Å²) in [6, 6.07) is 0. The van der Waals surface area contributed by atoms with E-state index < -0.39 is 0 Å². The van der Waals surface area contributed by atoms with Crippen LogP contribution in [-0.4, -0.2) is 25.1 Å². The van der Waals surface area contributed by atoms with Gasteiger partial charge in [0, 0.05) is 0 Å². The fourth-order valence-corrected chi connectivity index (χ4v) is 0.757. The summed E-state index contributed by atoms with van der Waals surface area (Å²) in [5.74, 6) is 0. The molecular formula is C5H4N4O. The molecule has 2 heterocycles. The summed E-state index contributed by atoms with van der Waals surface area (Å²) in [6.07, 6.45) is 4.37.